The summed E-state index contributed by atoms with van der Waals surface area (Å²) in [5.41, 5.74) is -12.3. The van der Waals surface area contributed by atoms with Gasteiger partial charge in [-0.05, 0) is 0 Å². The van der Waals surface area contributed by atoms with Gasteiger partial charge in [-0.25, -0.2) is 0 Å². The van der Waals surface area contributed by atoms with Gasteiger partial charge in [0.05, 0.1) is 25.7 Å². The van der Waals surface area contributed by atoms with Crippen molar-refractivity contribution in [2.45, 2.75) is 23.2 Å². The van der Waals surface area contributed by atoms with Crippen molar-refractivity contribution in [3.8, 4) is 0 Å². The summed E-state index contributed by atoms with van der Waals surface area (Å²) in [5.74, 6) is 0. The molecule has 0 aliphatic carbocycles. The molecule has 0 spiro atoms. The van der Waals surface area contributed by atoms with Gasteiger partial charge in [-0.1, -0.05) is 0 Å². The fourth-order valence-corrected chi connectivity index (χ4v) is 3.32. The van der Waals surface area contributed by atoms with Gasteiger partial charge in [0.2, 0.25) is 0 Å². The first-order valence-corrected chi connectivity index (χ1v) is 13.0. The highest BCUT2D eigenvalue weighted by Crippen LogP contribution is 2.29. The molecular formula is C8H12F6O12S4. The van der Waals surface area contributed by atoms with Crippen LogP contribution >= 0.6 is 0 Å². The Morgan fingerprint density at radius 3 is 1.30 bits per heavy atom. The molecule has 0 aliphatic rings. The third-order valence-corrected chi connectivity index (χ3v) is 5.61. The van der Waals surface area contributed by atoms with Crippen LogP contribution in [0.4, 0.5) is 26.3 Å². The van der Waals surface area contributed by atoms with E-state index in [0.717, 1.165) is 0 Å². The normalized spacial score (nSPS) is 16.9. The zero-order valence-corrected chi connectivity index (χ0v) is 17.6. The predicted octanol–water partition coefficient (Wildman–Crippen LogP) is -0.592. The maximum absolute atomic E-state index is 12.5. The molecule has 30 heavy (non-hydrogen) atoms. The SMILES string of the molecule is CS(=O)(=O)OCC(OS(C)(=O)=O)C(COS(=O)(=O)C(F)(F)F)OS(=O)(=O)C(F)(F)F. The number of hydrogen-bond donors (Lipinski definition) is 0. The molecule has 0 aromatic rings. The Morgan fingerprint density at radius 1 is 0.600 bits per heavy atom. The van der Waals surface area contributed by atoms with E-state index in [0.29, 0.717) is 6.26 Å². The Labute approximate surface area is 166 Å². The smallest absolute Gasteiger partial charge is 0.267 e. The van der Waals surface area contributed by atoms with Crippen molar-refractivity contribution in [1.82, 2.24) is 0 Å². The molecule has 182 valence electrons. The van der Waals surface area contributed by atoms with Gasteiger partial charge in [-0.2, -0.15) is 60.0 Å². The monoisotopic (exact) mass is 542 g/mol. The molecule has 0 amide bonds. The number of rotatable bonds is 11. The molecule has 0 rings (SSSR count). The second-order valence-corrected chi connectivity index (χ2v) is 11.5. The lowest BCUT2D eigenvalue weighted by Crippen LogP contribution is -2.45. The average Bonchev–Trinajstić information content (AvgIpc) is 2.43. The van der Waals surface area contributed by atoms with Gasteiger partial charge in [-0.15, -0.1) is 0 Å². The van der Waals surface area contributed by atoms with Gasteiger partial charge < -0.3 is 0 Å². The first-order valence-electron chi connectivity index (χ1n) is 6.56. The van der Waals surface area contributed by atoms with E-state index in [1.165, 1.54) is 0 Å². The summed E-state index contributed by atoms with van der Waals surface area (Å²) in [7, 11) is -22.5. The molecule has 2 atom stereocenters. The molecule has 0 saturated heterocycles. The van der Waals surface area contributed by atoms with Gasteiger partial charge >= 0.3 is 31.3 Å². The minimum Gasteiger partial charge on any atom is -0.267 e. The fraction of sp³-hybridized carbons (Fsp3) is 1.00. The Morgan fingerprint density at radius 2 is 0.967 bits per heavy atom. The van der Waals surface area contributed by atoms with Crippen LogP contribution in [0.15, 0.2) is 0 Å². The molecule has 0 bridgehead atoms. The molecule has 0 aliphatic heterocycles. The lowest BCUT2D eigenvalue weighted by atomic mass is 10.2. The number of alkyl halides is 6. The van der Waals surface area contributed by atoms with Gasteiger partial charge in [0.25, 0.3) is 20.2 Å². The molecule has 2 unspecified atom stereocenters. The Balaban J connectivity index is 6.15. The van der Waals surface area contributed by atoms with Crippen molar-refractivity contribution < 1.29 is 76.7 Å². The van der Waals surface area contributed by atoms with E-state index in [-0.39, 0.29) is 6.26 Å². The van der Waals surface area contributed by atoms with Crippen LogP contribution < -0.4 is 0 Å². The van der Waals surface area contributed by atoms with E-state index >= 15 is 0 Å². The van der Waals surface area contributed by atoms with Crippen molar-refractivity contribution in [3.63, 3.8) is 0 Å². The van der Waals surface area contributed by atoms with Crippen LogP contribution in [0.1, 0.15) is 0 Å². The standard InChI is InChI=1S/C8H12F6O12S4/c1-27(15,16)23-3-5(25-28(2,17)18)6(26-30(21,22)8(12,13)14)4-24-29(19,20)7(9,10)11/h5-6H,3-4H2,1-2H3. The molecule has 0 N–H and O–H groups in total. The first-order chi connectivity index (χ1) is 12.9. The van der Waals surface area contributed by atoms with Crippen molar-refractivity contribution in [2.24, 2.45) is 0 Å². The molecule has 0 aromatic carbocycles. The van der Waals surface area contributed by atoms with Crippen LogP contribution in [-0.2, 0) is 57.2 Å². The van der Waals surface area contributed by atoms with E-state index in [1.54, 1.807) is 0 Å². The summed E-state index contributed by atoms with van der Waals surface area (Å²) >= 11 is 0. The summed E-state index contributed by atoms with van der Waals surface area (Å²) in [5, 5.41) is 0. The third-order valence-electron chi connectivity index (χ3n) is 2.36. The van der Waals surface area contributed by atoms with E-state index < -0.39 is 76.9 Å². The van der Waals surface area contributed by atoms with Gasteiger partial charge in [0.1, 0.15) is 12.2 Å². The maximum Gasteiger partial charge on any atom is 0.523 e. The Bertz CT molecular complexity index is 1010. The third kappa shape index (κ3) is 10.0. The molecule has 0 aromatic heterocycles. The van der Waals surface area contributed by atoms with Crippen LogP contribution in [-0.4, -0.2) is 82.6 Å². The maximum atomic E-state index is 12.5. The van der Waals surface area contributed by atoms with Crippen LogP contribution in [0.3, 0.4) is 0 Å². The molecule has 0 radical (unpaired) electrons. The minimum absolute atomic E-state index is 0.225. The van der Waals surface area contributed by atoms with Gasteiger partial charge in [0.15, 0.2) is 0 Å². The highest BCUT2D eigenvalue weighted by Gasteiger charge is 2.52. The van der Waals surface area contributed by atoms with Crippen LogP contribution in [0.2, 0.25) is 0 Å². The summed E-state index contributed by atoms with van der Waals surface area (Å²) < 4.78 is 178. The summed E-state index contributed by atoms with van der Waals surface area (Å²) in [4.78, 5) is 0. The lowest BCUT2D eigenvalue weighted by molar-refractivity contribution is -0.0720. The summed E-state index contributed by atoms with van der Waals surface area (Å²) in [6, 6.07) is 0. The molecule has 0 heterocycles. The minimum atomic E-state index is -6.69. The van der Waals surface area contributed by atoms with Gasteiger partial charge in [0, 0.05) is 0 Å². The molecule has 12 nitrogen and oxygen atoms in total. The molecular weight excluding hydrogens is 530 g/mol. The van der Waals surface area contributed by atoms with E-state index in [4.69, 9.17) is 0 Å². The Kier molecular flexibility index (Phi) is 9.13. The number of halogens is 6. The highest BCUT2D eigenvalue weighted by molar-refractivity contribution is 7.88. The predicted molar refractivity (Wildman–Crippen MR) is 81.3 cm³/mol. The summed E-state index contributed by atoms with van der Waals surface area (Å²) in [6.07, 6.45) is -5.25. The zero-order chi connectivity index (χ0) is 24.4. The van der Waals surface area contributed by atoms with Crippen molar-refractivity contribution in [3.05, 3.63) is 0 Å². The van der Waals surface area contributed by atoms with E-state index in [9.17, 15) is 60.0 Å². The first kappa shape index (κ1) is 29.2. The van der Waals surface area contributed by atoms with Crippen molar-refractivity contribution in [1.29, 1.82) is 0 Å². The van der Waals surface area contributed by atoms with E-state index in [2.05, 4.69) is 16.7 Å². The molecule has 22 heteroatoms. The average molecular weight is 542 g/mol. The van der Waals surface area contributed by atoms with Crippen molar-refractivity contribution in [2.75, 3.05) is 25.7 Å². The van der Waals surface area contributed by atoms with Crippen LogP contribution in [0.5, 0.6) is 0 Å². The Hall–Kier alpha value is -0.780. The van der Waals surface area contributed by atoms with Crippen LogP contribution in [0, 0.1) is 0 Å². The quantitative estimate of drug-likeness (QED) is 0.185. The van der Waals surface area contributed by atoms with Gasteiger partial charge in [-0.3, -0.25) is 16.7 Å². The van der Waals surface area contributed by atoms with E-state index in [1.807, 2.05) is 0 Å². The largest absolute Gasteiger partial charge is 0.523 e. The lowest BCUT2D eigenvalue weighted by Gasteiger charge is -2.25. The second-order valence-electron chi connectivity index (χ2n) is 5.05. The van der Waals surface area contributed by atoms with Crippen molar-refractivity contribution >= 4 is 40.5 Å². The fourth-order valence-electron chi connectivity index (χ4n) is 1.25. The van der Waals surface area contributed by atoms with Crippen LogP contribution in [0.25, 0.3) is 0 Å². The highest BCUT2D eigenvalue weighted by atomic mass is 32.2. The molecule has 0 saturated carbocycles. The second kappa shape index (κ2) is 9.38. The number of hydrogen-bond acceptors (Lipinski definition) is 12. The summed E-state index contributed by atoms with van der Waals surface area (Å²) in [6.45, 7) is -3.83. The zero-order valence-electron chi connectivity index (χ0n) is 14.4. The molecule has 0 fully saturated rings. The topological polar surface area (TPSA) is 173 Å².